The predicted octanol–water partition coefficient (Wildman–Crippen LogP) is 1.62. The smallest absolute Gasteiger partial charge is 0.270 e. The molecule has 1 aromatic rings. The van der Waals surface area contributed by atoms with E-state index >= 15 is 0 Å². The van der Waals surface area contributed by atoms with E-state index in [9.17, 15) is 9.00 Å². The molecule has 1 amide bonds. The summed E-state index contributed by atoms with van der Waals surface area (Å²) in [5.74, 6) is 0.312. The van der Waals surface area contributed by atoms with E-state index in [0.717, 1.165) is 0 Å². The van der Waals surface area contributed by atoms with Gasteiger partial charge in [0.25, 0.3) is 5.91 Å². The number of nitrogens with zero attached hydrogens (tertiary/aromatic N) is 1. The molecular formula is C11H15ClN2O2S. The predicted molar refractivity (Wildman–Crippen MR) is 69.7 cm³/mol. The lowest BCUT2D eigenvalue weighted by Gasteiger charge is -2.12. The zero-order valence-corrected chi connectivity index (χ0v) is 11.3. The quantitative estimate of drug-likeness (QED) is 0.830. The second-order valence-electron chi connectivity index (χ2n) is 3.79. The first-order valence-corrected chi connectivity index (χ1v) is 7.33. The second kappa shape index (κ2) is 6.71. The summed E-state index contributed by atoms with van der Waals surface area (Å²) in [4.78, 5) is 15.7. The van der Waals surface area contributed by atoms with Crippen molar-refractivity contribution >= 4 is 28.3 Å². The van der Waals surface area contributed by atoms with Gasteiger partial charge in [-0.15, -0.1) is 0 Å². The van der Waals surface area contributed by atoms with Crippen LogP contribution in [0.25, 0.3) is 0 Å². The molecule has 94 valence electrons. The summed E-state index contributed by atoms with van der Waals surface area (Å²) < 4.78 is 10.9. The lowest BCUT2D eigenvalue weighted by Crippen LogP contribution is -2.34. The molecule has 1 N–H and O–H groups in total. The monoisotopic (exact) mass is 274 g/mol. The van der Waals surface area contributed by atoms with Crippen molar-refractivity contribution in [2.24, 2.45) is 0 Å². The Morgan fingerprint density at radius 1 is 1.59 bits per heavy atom. The molecule has 17 heavy (non-hydrogen) atoms. The molecule has 0 aliphatic rings. The molecule has 6 heteroatoms. The minimum absolute atomic E-state index is 0.0350. The fourth-order valence-electron chi connectivity index (χ4n) is 1.25. The highest BCUT2D eigenvalue weighted by Gasteiger charge is 2.11. The number of carbonyl (C=O) groups is 1. The average Bonchev–Trinajstić information content (AvgIpc) is 2.26. The molecule has 0 saturated carbocycles. The molecule has 4 nitrogen and oxygen atoms in total. The summed E-state index contributed by atoms with van der Waals surface area (Å²) in [5, 5.41) is 3.08. The van der Waals surface area contributed by atoms with E-state index in [1.807, 2.05) is 6.92 Å². The highest BCUT2D eigenvalue weighted by atomic mass is 35.5. The standard InChI is InChI=1S/C11H15ClN2O2S/c1-8(6-7-17(2)16)13-11(15)9-4-3-5-10(12)14-9/h3-5,8H,6-7H2,1-2H3,(H,13,15). The number of hydrogen-bond donors (Lipinski definition) is 1. The Balaban J connectivity index is 2.51. The number of rotatable bonds is 5. The van der Waals surface area contributed by atoms with Crippen LogP contribution in [0, 0.1) is 0 Å². The number of nitrogens with one attached hydrogen (secondary N) is 1. The van der Waals surface area contributed by atoms with Gasteiger partial charge in [-0.3, -0.25) is 9.00 Å². The Hall–Kier alpha value is -0.940. The average molecular weight is 275 g/mol. The third-order valence-electron chi connectivity index (χ3n) is 2.16. The Kier molecular flexibility index (Phi) is 5.58. The van der Waals surface area contributed by atoms with E-state index < -0.39 is 10.8 Å². The molecule has 0 spiro atoms. The fourth-order valence-corrected chi connectivity index (χ4v) is 2.10. The maximum absolute atomic E-state index is 11.7. The number of carbonyl (C=O) groups excluding carboxylic acids is 1. The third-order valence-corrected chi connectivity index (χ3v) is 3.18. The van der Waals surface area contributed by atoms with Crippen molar-refractivity contribution in [2.45, 2.75) is 19.4 Å². The van der Waals surface area contributed by atoms with E-state index in [1.54, 1.807) is 24.5 Å². The van der Waals surface area contributed by atoms with Gasteiger partial charge in [-0.1, -0.05) is 17.7 Å². The summed E-state index contributed by atoms with van der Waals surface area (Å²) >= 11 is 5.70. The van der Waals surface area contributed by atoms with E-state index in [-0.39, 0.29) is 11.9 Å². The van der Waals surface area contributed by atoms with E-state index in [1.165, 1.54) is 0 Å². The molecule has 0 fully saturated rings. The summed E-state index contributed by atoms with van der Waals surface area (Å²) in [6.07, 6.45) is 2.32. The van der Waals surface area contributed by atoms with E-state index in [4.69, 9.17) is 11.6 Å². The maximum Gasteiger partial charge on any atom is 0.270 e. The van der Waals surface area contributed by atoms with Gasteiger partial charge in [0, 0.05) is 28.9 Å². The van der Waals surface area contributed by atoms with Crippen molar-refractivity contribution in [2.75, 3.05) is 12.0 Å². The van der Waals surface area contributed by atoms with Gasteiger partial charge >= 0.3 is 0 Å². The number of aromatic nitrogens is 1. The molecule has 1 aromatic heterocycles. The van der Waals surface area contributed by atoms with E-state index in [2.05, 4.69) is 10.3 Å². The number of halogens is 1. The minimum atomic E-state index is -0.837. The van der Waals surface area contributed by atoms with E-state index in [0.29, 0.717) is 23.0 Å². The van der Waals surface area contributed by atoms with Crippen LogP contribution in [0.5, 0.6) is 0 Å². The van der Waals surface area contributed by atoms with Gasteiger partial charge in [0.15, 0.2) is 0 Å². The zero-order valence-electron chi connectivity index (χ0n) is 9.77. The maximum atomic E-state index is 11.7. The summed E-state index contributed by atoms with van der Waals surface area (Å²) in [6, 6.07) is 4.86. The van der Waals surface area contributed by atoms with Crippen LogP contribution in [0.1, 0.15) is 23.8 Å². The SMILES string of the molecule is CC(CCS(C)=O)NC(=O)c1cccc(Cl)n1. The van der Waals surface area contributed by atoms with Crippen LogP contribution in [-0.4, -0.2) is 33.2 Å². The largest absolute Gasteiger partial charge is 0.348 e. The molecule has 0 bridgehead atoms. The van der Waals surface area contributed by atoms with Crippen molar-refractivity contribution in [3.63, 3.8) is 0 Å². The molecule has 0 aromatic carbocycles. The summed E-state index contributed by atoms with van der Waals surface area (Å²) in [6.45, 7) is 1.87. The normalized spacial score (nSPS) is 14.1. The molecule has 2 unspecified atom stereocenters. The molecule has 0 aliphatic heterocycles. The van der Waals surface area contributed by atoms with Gasteiger partial charge in [0.05, 0.1) is 0 Å². The van der Waals surface area contributed by atoms with Gasteiger partial charge in [-0.25, -0.2) is 4.98 Å². The number of pyridine rings is 1. The molecule has 1 rings (SSSR count). The highest BCUT2D eigenvalue weighted by molar-refractivity contribution is 7.84. The molecule has 1 heterocycles. The lowest BCUT2D eigenvalue weighted by atomic mass is 10.2. The Bertz CT molecular complexity index is 426. The molecule has 0 saturated heterocycles. The highest BCUT2D eigenvalue weighted by Crippen LogP contribution is 2.05. The van der Waals surface area contributed by atoms with Crippen molar-refractivity contribution < 1.29 is 9.00 Å². The van der Waals surface area contributed by atoms with Crippen molar-refractivity contribution in [3.8, 4) is 0 Å². The summed E-state index contributed by atoms with van der Waals surface area (Å²) in [5.41, 5.74) is 0.293. The van der Waals surface area contributed by atoms with Crippen LogP contribution >= 0.6 is 11.6 Å². The molecule has 0 aliphatic carbocycles. The molecule has 2 atom stereocenters. The van der Waals surface area contributed by atoms with Crippen LogP contribution < -0.4 is 5.32 Å². The zero-order chi connectivity index (χ0) is 12.8. The first kappa shape index (κ1) is 14.1. The fraction of sp³-hybridized carbons (Fsp3) is 0.455. The lowest BCUT2D eigenvalue weighted by molar-refractivity contribution is 0.0934. The van der Waals surface area contributed by atoms with Crippen LogP contribution in [0.15, 0.2) is 18.2 Å². The van der Waals surface area contributed by atoms with Gasteiger partial charge in [0.2, 0.25) is 0 Å². The van der Waals surface area contributed by atoms with Crippen molar-refractivity contribution in [3.05, 3.63) is 29.0 Å². The van der Waals surface area contributed by atoms with Crippen molar-refractivity contribution in [1.29, 1.82) is 0 Å². The minimum Gasteiger partial charge on any atom is -0.348 e. The Morgan fingerprint density at radius 3 is 2.88 bits per heavy atom. The first-order valence-electron chi connectivity index (χ1n) is 5.22. The Labute approximate surface area is 108 Å². The van der Waals surface area contributed by atoms with Crippen LogP contribution in [0.3, 0.4) is 0 Å². The van der Waals surface area contributed by atoms with Gasteiger partial charge < -0.3 is 5.32 Å². The van der Waals surface area contributed by atoms with Gasteiger partial charge in [-0.2, -0.15) is 0 Å². The van der Waals surface area contributed by atoms with Crippen LogP contribution in [0.4, 0.5) is 0 Å². The third kappa shape index (κ3) is 5.28. The summed E-state index contributed by atoms with van der Waals surface area (Å²) in [7, 11) is -0.837. The van der Waals surface area contributed by atoms with Gasteiger partial charge in [-0.05, 0) is 25.5 Å². The number of amides is 1. The first-order chi connectivity index (χ1) is 7.99. The van der Waals surface area contributed by atoms with Crippen LogP contribution in [-0.2, 0) is 10.8 Å². The number of hydrogen-bond acceptors (Lipinski definition) is 3. The van der Waals surface area contributed by atoms with Crippen LogP contribution in [0.2, 0.25) is 5.15 Å². The second-order valence-corrected chi connectivity index (χ2v) is 5.73. The topological polar surface area (TPSA) is 59.1 Å². The van der Waals surface area contributed by atoms with Crippen molar-refractivity contribution in [1.82, 2.24) is 10.3 Å². The molecule has 0 radical (unpaired) electrons. The van der Waals surface area contributed by atoms with Gasteiger partial charge in [0.1, 0.15) is 10.8 Å². The molecular weight excluding hydrogens is 260 g/mol. The Morgan fingerprint density at radius 2 is 2.29 bits per heavy atom.